The van der Waals surface area contributed by atoms with E-state index in [4.69, 9.17) is 4.74 Å². The summed E-state index contributed by atoms with van der Waals surface area (Å²) in [5.74, 6) is 3.07. The molecule has 134 valence electrons. The maximum Gasteiger partial charge on any atom is 0.311 e. The summed E-state index contributed by atoms with van der Waals surface area (Å²) in [6.07, 6.45) is 4.24. The minimum Gasteiger partial charge on any atom is -0.427 e. The number of hydrogen-bond acceptors (Lipinski definition) is 2. The molecule has 1 aliphatic carbocycles. The van der Waals surface area contributed by atoms with Gasteiger partial charge in [0.25, 0.3) is 0 Å². The van der Waals surface area contributed by atoms with E-state index in [1.165, 1.54) is 18.4 Å². The van der Waals surface area contributed by atoms with Crippen LogP contribution in [0.2, 0.25) is 0 Å². The number of esters is 1. The molecule has 1 aliphatic rings. The lowest BCUT2D eigenvalue weighted by Crippen LogP contribution is -2.30. The van der Waals surface area contributed by atoms with Crippen molar-refractivity contribution in [3.05, 3.63) is 29.8 Å². The lowest BCUT2D eigenvalue weighted by molar-refractivity contribution is -0.136. The summed E-state index contributed by atoms with van der Waals surface area (Å²) in [4.78, 5) is 12.4. The van der Waals surface area contributed by atoms with Crippen molar-refractivity contribution in [2.45, 2.75) is 72.6 Å². The zero-order valence-electron chi connectivity index (χ0n) is 16.3. The molecule has 0 unspecified atom stereocenters. The maximum atomic E-state index is 12.4. The number of ether oxygens (including phenoxy) is 1. The van der Waals surface area contributed by atoms with Crippen molar-refractivity contribution in [1.29, 1.82) is 0 Å². The quantitative estimate of drug-likeness (QED) is 0.501. The largest absolute Gasteiger partial charge is 0.427 e. The molecule has 3 atom stereocenters. The second-order valence-electron chi connectivity index (χ2n) is 9.04. The molecule has 0 heterocycles. The van der Waals surface area contributed by atoms with Crippen molar-refractivity contribution < 1.29 is 9.53 Å². The van der Waals surface area contributed by atoms with Gasteiger partial charge in [0, 0.05) is 6.42 Å². The Morgan fingerprint density at radius 2 is 1.79 bits per heavy atom. The van der Waals surface area contributed by atoms with E-state index in [-0.39, 0.29) is 11.4 Å². The Balaban J connectivity index is 1.96. The number of carbonyl (C=O) groups is 1. The third-order valence-electron chi connectivity index (χ3n) is 5.54. The Morgan fingerprint density at radius 3 is 2.33 bits per heavy atom. The van der Waals surface area contributed by atoms with Gasteiger partial charge in [-0.2, -0.15) is 0 Å². The van der Waals surface area contributed by atoms with Gasteiger partial charge in [0.2, 0.25) is 0 Å². The zero-order valence-corrected chi connectivity index (χ0v) is 16.3. The molecule has 1 aromatic carbocycles. The molecule has 1 saturated carbocycles. The SMILES string of the molecule is CC(C)[C@@H]1CC[C@@H](C)C[C@H]1CC(=O)Oc1ccc(C(C)(C)C)cc1. The summed E-state index contributed by atoms with van der Waals surface area (Å²) in [5, 5.41) is 0. The Labute approximate surface area is 148 Å². The van der Waals surface area contributed by atoms with Gasteiger partial charge >= 0.3 is 5.97 Å². The summed E-state index contributed by atoms with van der Waals surface area (Å²) in [6.45, 7) is 13.4. The third-order valence-corrected chi connectivity index (χ3v) is 5.54. The maximum absolute atomic E-state index is 12.4. The number of benzene rings is 1. The molecule has 2 rings (SSSR count). The second-order valence-corrected chi connectivity index (χ2v) is 9.04. The zero-order chi connectivity index (χ0) is 17.9. The third kappa shape index (κ3) is 5.09. The van der Waals surface area contributed by atoms with Crippen molar-refractivity contribution in [3.8, 4) is 5.75 Å². The van der Waals surface area contributed by atoms with Gasteiger partial charge in [0.05, 0.1) is 0 Å². The van der Waals surface area contributed by atoms with Crippen LogP contribution >= 0.6 is 0 Å². The first-order chi connectivity index (χ1) is 11.2. The summed E-state index contributed by atoms with van der Waals surface area (Å²) in [7, 11) is 0. The molecule has 24 heavy (non-hydrogen) atoms. The average Bonchev–Trinajstić information content (AvgIpc) is 2.46. The van der Waals surface area contributed by atoms with Gasteiger partial charge in [0.1, 0.15) is 5.75 Å². The summed E-state index contributed by atoms with van der Waals surface area (Å²) in [5.41, 5.74) is 1.37. The van der Waals surface area contributed by atoms with E-state index in [1.54, 1.807) is 0 Å². The fraction of sp³-hybridized carbons (Fsp3) is 0.682. The first-order valence-corrected chi connectivity index (χ1v) is 9.48. The van der Waals surface area contributed by atoms with Crippen LogP contribution in [0.15, 0.2) is 24.3 Å². The molecule has 0 spiro atoms. The minimum absolute atomic E-state index is 0.0803. The summed E-state index contributed by atoms with van der Waals surface area (Å²) < 4.78 is 5.61. The molecule has 2 nitrogen and oxygen atoms in total. The average molecular weight is 331 g/mol. The highest BCUT2D eigenvalue weighted by molar-refractivity contribution is 5.72. The Hall–Kier alpha value is -1.31. The molecule has 1 aromatic rings. The fourth-order valence-corrected chi connectivity index (χ4v) is 4.04. The minimum atomic E-state index is -0.0803. The normalized spacial score (nSPS) is 24.9. The molecule has 0 N–H and O–H groups in total. The van der Waals surface area contributed by atoms with Crippen LogP contribution in [0.1, 0.15) is 72.8 Å². The molecule has 0 radical (unpaired) electrons. The summed E-state index contributed by atoms with van der Waals surface area (Å²) >= 11 is 0. The molecule has 2 heteroatoms. The van der Waals surface area contributed by atoms with Gasteiger partial charge < -0.3 is 4.74 Å². The van der Waals surface area contributed by atoms with Gasteiger partial charge in [-0.3, -0.25) is 4.79 Å². The highest BCUT2D eigenvalue weighted by Gasteiger charge is 2.32. The van der Waals surface area contributed by atoms with Crippen molar-refractivity contribution in [1.82, 2.24) is 0 Å². The molecular formula is C22H34O2. The van der Waals surface area contributed by atoms with E-state index in [9.17, 15) is 4.79 Å². The lowest BCUT2D eigenvalue weighted by atomic mass is 9.69. The van der Waals surface area contributed by atoms with Gasteiger partial charge in [-0.15, -0.1) is 0 Å². The van der Waals surface area contributed by atoms with Crippen molar-refractivity contribution >= 4 is 5.97 Å². The molecule has 0 bridgehead atoms. The van der Waals surface area contributed by atoms with Crippen LogP contribution in [-0.2, 0) is 10.2 Å². The topological polar surface area (TPSA) is 26.3 Å². The van der Waals surface area contributed by atoms with Crippen LogP contribution < -0.4 is 4.74 Å². The predicted molar refractivity (Wildman–Crippen MR) is 100 cm³/mol. The Kier molecular flexibility index (Phi) is 6.11. The van der Waals surface area contributed by atoms with Gasteiger partial charge in [-0.1, -0.05) is 60.1 Å². The first kappa shape index (κ1) is 19.0. The van der Waals surface area contributed by atoms with Gasteiger partial charge in [-0.05, 0) is 59.6 Å². The van der Waals surface area contributed by atoms with E-state index in [1.807, 2.05) is 12.1 Å². The Morgan fingerprint density at radius 1 is 1.17 bits per heavy atom. The van der Waals surface area contributed by atoms with Crippen molar-refractivity contribution in [2.24, 2.45) is 23.7 Å². The Bertz CT molecular complexity index is 536. The van der Waals surface area contributed by atoms with Crippen molar-refractivity contribution in [2.75, 3.05) is 0 Å². The smallest absolute Gasteiger partial charge is 0.311 e. The van der Waals surface area contributed by atoms with Crippen LogP contribution in [0.4, 0.5) is 0 Å². The second kappa shape index (κ2) is 7.72. The standard InChI is InChI=1S/C22H34O2/c1-15(2)20-12-7-16(3)13-17(20)14-21(23)24-19-10-8-18(9-11-19)22(4,5)6/h8-11,15-17,20H,7,12-14H2,1-6H3/t16-,17+,20+/m1/s1. The van der Waals surface area contributed by atoms with Crippen LogP contribution in [0.25, 0.3) is 0 Å². The monoisotopic (exact) mass is 330 g/mol. The molecular weight excluding hydrogens is 296 g/mol. The predicted octanol–water partition coefficient (Wildman–Crippen LogP) is 5.99. The van der Waals surface area contributed by atoms with E-state index in [2.05, 4.69) is 53.7 Å². The molecule has 0 aromatic heterocycles. The fourth-order valence-electron chi connectivity index (χ4n) is 4.04. The number of hydrogen-bond donors (Lipinski definition) is 0. The molecule has 1 fully saturated rings. The van der Waals surface area contributed by atoms with E-state index in [0.717, 1.165) is 12.3 Å². The van der Waals surface area contributed by atoms with Gasteiger partial charge in [0.15, 0.2) is 0 Å². The van der Waals surface area contributed by atoms with Crippen LogP contribution in [0.5, 0.6) is 5.75 Å². The molecule has 0 saturated heterocycles. The van der Waals surface area contributed by atoms with Gasteiger partial charge in [-0.25, -0.2) is 0 Å². The van der Waals surface area contributed by atoms with Crippen LogP contribution in [0.3, 0.4) is 0 Å². The number of rotatable bonds is 4. The highest BCUT2D eigenvalue weighted by Crippen LogP contribution is 2.40. The lowest BCUT2D eigenvalue weighted by Gasteiger charge is -2.36. The van der Waals surface area contributed by atoms with Crippen LogP contribution in [0, 0.1) is 23.7 Å². The molecule has 0 amide bonds. The summed E-state index contributed by atoms with van der Waals surface area (Å²) in [6, 6.07) is 7.95. The molecule has 0 aliphatic heterocycles. The van der Waals surface area contributed by atoms with Crippen LogP contribution in [-0.4, -0.2) is 5.97 Å². The van der Waals surface area contributed by atoms with E-state index >= 15 is 0 Å². The van der Waals surface area contributed by atoms with Crippen molar-refractivity contribution in [3.63, 3.8) is 0 Å². The van der Waals surface area contributed by atoms with E-state index in [0.29, 0.717) is 29.9 Å². The highest BCUT2D eigenvalue weighted by atomic mass is 16.5. The first-order valence-electron chi connectivity index (χ1n) is 9.48. The van der Waals surface area contributed by atoms with E-state index < -0.39 is 0 Å². The number of carbonyl (C=O) groups excluding carboxylic acids is 1.